The van der Waals surface area contributed by atoms with Crippen LogP contribution in [0.2, 0.25) is 0 Å². The maximum Gasteiger partial charge on any atom is 0.230 e. The van der Waals surface area contributed by atoms with Crippen LogP contribution in [0.15, 0.2) is 28.7 Å². The van der Waals surface area contributed by atoms with Crippen LogP contribution in [-0.2, 0) is 13.0 Å². The molecule has 4 nitrogen and oxygen atoms in total. The summed E-state index contributed by atoms with van der Waals surface area (Å²) in [5.74, 6) is 0.663. The first kappa shape index (κ1) is 12.9. The Morgan fingerprint density at radius 2 is 2.24 bits per heavy atom. The van der Waals surface area contributed by atoms with E-state index in [0.717, 1.165) is 47.7 Å². The largest absolute Gasteiger partial charge is 0.436 e. The smallest absolute Gasteiger partial charge is 0.230 e. The van der Waals surface area contributed by atoms with Crippen molar-refractivity contribution in [3.8, 4) is 11.5 Å². The molecule has 108 valence electrons. The highest BCUT2D eigenvalue weighted by Gasteiger charge is 2.26. The van der Waals surface area contributed by atoms with Gasteiger partial charge in [0.15, 0.2) is 5.58 Å². The molecule has 5 heteroatoms. The zero-order valence-electron chi connectivity index (χ0n) is 11.9. The average Bonchev–Trinajstić information content (AvgIpc) is 3.05. The maximum absolute atomic E-state index is 6.26. The minimum atomic E-state index is 0.663. The summed E-state index contributed by atoms with van der Waals surface area (Å²) in [6.45, 7) is 5.34. The molecule has 0 spiro atoms. The van der Waals surface area contributed by atoms with E-state index in [4.69, 9.17) is 10.2 Å². The van der Waals surface area contributed by atoms with Gasteiger partial charge >= 0.3 is 0 Å². The third-order valence-electron chi connectivity index (χ3n) is 4.12. The van der Waals surface area contributed by atoms with E-state index < -0.39 is 0 Å². The van der Waals surface area contributed by atoms with E-state index >= 15 is 0 Å². The first-order valence-corrected chi connectivity index (χ1v) is 8.06. The van der Waals surface area contributed by atoms with Crippen molar-refractivity contribution in [2.75, 3.05) is 18.8 Å². The van der Waals surface area contributed by atoms with Crippen molar-refractivity contribution < 1.29 is 4.42 Å². The molecule has 0 atom stereocenters. The lowest BCUT2D eigenvalue weighted by Crippen LogP contribution is -2.29. The SMILES string of the molecule is CCN1CCc2c(sc(N)c2-c2nc3ccccc3o2)C1. The molecule has 0 fully saturated rings. The average molecular weight is 299 g/mol. The van der Waals surface area contributed by atoms with Crippen molar-refractivity contribution in [1.29, 1.82) is 0 Å². The van der Waals surface area contributed by atoms with E-state index in [0.29, 0.717) is 5.89 Å². The number of hydrogen-bond donors (Lipinski definition) is 1. The molecule has 1 aliphatic rings. The highest BCUT2D eigenvalue weighted by molar-refractivity contribution is 7.16. The summed E-state index contributed by atoms with van der Waals surface area (Å²) in [7, 11) is 0. The fourth-order valence-electron chi connectivity index (χ4n) is 2.96. The van der Waals surface area contributed by atoms with Crippen LogP contribution in [0.25, 0.3) is 22.6 Å². The topological polar surface area (TPSA) is 55.3 Å². The first-order chi connectivity index (χ1) is 10.3. The van der Waals surface area contributed by atoms with Crippen LogP contribution in [0.4, 0.5) is 5.00 Å². The van der Waals surface area contributed by atoms with Crippen molar-refractivity contribution in [3.63, 3.8) is 0 Å². The number of anilines is 1. The van der Waals surface area contributed by atoms with Gasteiger partial charge in [-0.05, 0) is 30.7 Å². The summed E-state index contributed by atoms with van der Waals surface area (Å²) in [4.78, 5) is 8.41. The number of hydrogen-bond acceptors (Lipinski definition) is 5. The van der Waals surface area contributed by atoms with E-state index in [2.05, 4.69) is 16.8 Å². The molecular formula is C16H17N3OS. The van der Waals surface area contributed by atoms with Gasteiger partial charge in [0, 0.05) is 18.0 Å². The number of thiophene rings is 1. The van der Waals surface area contributed by atoms with Gasteiger partial charge in [-0.2, -0.15) is 0 Å². The zero-order chi connectivity index (χ0) is 14.4. The van der Waals surface area contributed by atoms with Crippen LogP contribution in [0, 0.1) is 0 Å². The predicted molar refractivity (Wildman–Crippen MR) is 86.4 cm³/mol. The number of fused-ring (bicyclic) bond motifs is 2. The number of aromatic nitrogens is 1. The fraction of sp³-hybridized carbons (Fsp3) is 0.312. The summed E-state index contributed by atoms with van der Waals surface area (Å²) in [5, 5.41) is 0.824. The Labute approximate surface area is 127 Å². The Morgan fingerprint density at radius 3 is 3.05 bits per heavy atom. The van der Waals surface area contributed by atoms with Gasteiger partial charge in [0.05, 0.1) is 10.6 Å². The quantitative estimate of drug-likeness (QED) is 0.786. The zero-order valence-corrected chi connectivity index (χ0v) is 12.7. The molecular weight excluding hydrogens is 282 g/mol. The number of nitrogens with two attached hydrogens (primary N) is 1. The minimum absolute atomic E-state index is 0.663. The molecule has 21 heavy (non-hydrogen) atoms. The Hall–Kier alpha value is -1.85. The molecule has 0 amide bonds. The molecule has 0 saturated carbocycles. The number of likely N-dealkylation sites (N-methyl/N-ethyl adjacent to an activating group) is 1. The highest BCUT2D eigenvalue weighted by atomic mass is 32.1. The lowest BCUT2D eigenvalue weighted by atomic mass is 10.0. The van der Waals surface area contributed by atoms with Gasteiger partial charge in [-0.1, -0.05) is 19.1 Å². The predicted octanol–water partition coefficient (Wildman–Crippen LogP) is 3.52. The van der Waals surface area contributed by atoms with Gasteiger partial charge < -0.3 is 10.2 Å². The lowest BCUT2D eigenvalue weighted by molar-refractivity contribution is 0.272. The van der Waals surface area contributed by atoms with E-state index in [1.165, 1.54) is 10.4 Å². The molecule has 0 bridgehead atoms. The monoisotopic (exact) mass is 299 g/mol. The second-order valence-corrected chi connectivity index (χ2v) is 6.49. The molecule has 4 rings (SSSR count). The number of nitrogens with zero attached hydrogens (tertiary/aromatic N) is 2. The molecule has 2 aromatic heterocycles. The van der Waals surface area contributed by atoms with Crippen molar-refractivity contribution in [2.45, 2.75) is 19.9 Å². The standard InChI is InChI=1S/C16H17N3OS/c1-2-19-8-7-10-13(9-19)21-15(17)14(10)16-18-11-5-3-4-6-12(11)20-16/h3-6H,2,7-9,17H2,1H3. The summed E-state index contributed by atoms with van der Waals surface area (Å²) >= 11 is 1.68. The van der Waals surface area contributed by atoms with Crippen molar-refractivity contribution >= 4 is 27.4 Å². The van der Waals surface area contributed by atoms with Gasteiger partial charge in [0.25, 0.3) is 0 Å². The van der Waals surface area contributed by atoms with Crippen molar-refractivity contribution in [3.05, 3.63) is 34.7 Å². The van der Waals surface area contributed by atoms with Gasteiger partial charge in [0.1, 0.15) is 5.52 Å². The Morgan fingerprint density at radius 1 is 1.38 bits per heavy atom. The van der Waals surface area contributed by atoms with Crippen molar-refractivity contribution in [2.24, 2.45) is 0 Å². The molecule has 1 aromatic carbocycles. The molecule has 0 unspecified atom stereocenters. The van der Waals surface area contributed by atoms with Gasteiger partial charge in [-0.3, -0.25) is 4.90 Å². The molecule has 3 aromatic rings. The maximum atomic E-state index is 6.26. The van der Waals surface area contributed by atoms with Crippen LogP contribution in [0.1, 0.15) is 17.4 Å². The van der Waals surface area contributed by atoms with E-state index in [1.807, 2.05) is 24.3 Å². The van der Waals surface area contributed by atoms with Crippen LogP contribution < -0.4 is 5.73 Å². The van der Waals surface area contributed by atoms with Crippen molar-refractivity contribution in [1.82, 2.24) is 9.88 Å². The van der Waals surface area contributed by atoms with Gasteiger partial charge in [-0.15, -0.1) is 11.3 Å². The molecule has 2 N–H and O–H groups in total. The Balaban J connectivity index is 1.83. The second-order valence-electron chi connectivity index (χ2n) is 5.35. The minimum Gasteiger partial charge on any atom is -0.436 e. The third-order valence-corrected chi connectivity index (χ3v) is 5.16. The Bertz CT molecular complexity index is 772. The van der Waals surface area contributed by atoms with E-state index in [1.54, 1.807) is 11.3 Å². The summed E-state index contributed by atoms with van der Waals surface area (Å²) in [6, 6.07) is 7.85. The summed E-state index contributed by atoms with van der Waals surface area (Å²) < 4.78 is 5.91. The first-order valence-electron chi connectivity index (χ1n) is 7.24. The van der Waals surface area contributed by atoms with Crippen LogP contribution in [0.5, 0.6) is 0 Å². The van der Waals surface area contributed by atoms with Crippen LogP contribution >= 0.6 is 11.3 Å². The summed E-state index contributed by atoms with van der Waals surface area (Å²) in [5.41, 5.74) is 10.3. The number of benzene rings is 1. The molecule has 0 radical (unpaired) electrons. The van der Waals surface area contributed by atoms with Gasteiger partial charge in [-0.25, -0.2) is 4.98 Å². The number of rotatable bonds is 2. The van der Waals surface area contributed by atoms with Crippen LogP contribution in [0.3, 0.4) is 0 Å². The molecule has 1 aliphatic heterocycles. The third kappa shape index (κ3) is 2.04. The Kier molecular flexibility index (Phi) is 2.97. The number of nitrogen functional groups attached to an aromatic ring is 1. The molecule has 0 aliphatic carbocycles. The molecule has 3 heterocycles. The molecule has 0 saturated heterocycles. The highest BCUT2D eigenvalue weighted by Crippen LogP contribution is 2.42. The number of oxazole rings is 1. The summed E-state index contributed by atoms with van der Waals surface area (Å²) in [6.07, 6.45) is 1.02. The lowest BCUT2D eigenvalue weighted by Gasteiger charge is -2.25. The van der Waals surface area contributed by atoms with E-state index in [-0.39, 0.29) is 0 Å². The van der Waals surface area contributed by atoms with Gasteiger partial charge in [0.2, 0.25) is 5.89 Å². The van der Waals surface area contributed by atoms with Crippen LogP contribution in [-0.4, -0.2) is 23.0 Å². The van der Waals surface area contributed by atoms with E-state index in [9.17, 15) is 0 Å². The number of para-hydroxylation sites is 2. The second kappa shape index (κ2) is 4.86. The normalized spacial score (nSPS) is 15.5. The fourth-order valence-corrected chi connectivity index (χ4v) is 4.11.